The molecule has 0 bridgehead atoms. The maximum absolute atomic E-state index is 4.84. The molecule has 0 unspecified atom stereocenters. The summed E-state index contributed by atoms with van der Waals surface area (Å²) in [6.45, 7) is 0. The van der Waals surface area contributed by atoms with Gasteiger partial charge in [0.05, 0.1) is 0 Å². The molecule has 0 amide bonds. The fraction of sp³-hybridized carbons (Fsp3) is 0.200. The Balaban J connectivity index is 2.94. The number of hydrogen-bond donors (Lipinski definition) is 0. The Morgan fingerprint density at radius 3 is 2.78 bits per heavy atom. The number of rotatable bonds is 1. The first-order chi connectivity index (χ1) is 4.33. The summed E-state index contributed by atoms with van der Waals surface area (Å²) in [7, 11) is 1.59. The topological polar surface area (TPSA) is 35.0 Å². The van der Waals surface area contributed by atoms with Crippen LogP contribution in [0.25, 0.3) is 0 Å². The van der Waals surface area contributed by atoms with Crippen LogP contribution in [-0.4, -0.2) is 39.6 Å². The second-order valence-corrected chi connectivity index (χ2v) is 3.17. The van der Waals surface area contributed by atoms with Gasteiger partial charge in [-0.15, -0.1) is 0 Å². The minimum absolute atomic E-state index is 0.597. The van der Waals surface area contributed by atoms with Gasteiger partial charge in [0.15, 0.2) is 0 Å². The SMILES string of the molecule is COc1cnc[c]([SnH])n1. The second kappa shape index (κ2) is 3.00. The first kappa shape index (κ1) is 6.79. The molecule has 0 aliphatic carbocycles. The van der Waals surface area contributed by atoms with Crippen molar-refractivity contribution in [3.05, 3.63) is 12.4 Å². The normalized spacial score (nSPS) is 9.11. The van der Waals surface area contributed by atoms with Gasteiger partial charge in [-0.2, -0.15) is 0 Å². The van der Waals surface area contributed by atoms with Gasteiger partial charge >= 0.3 is 66.3 Å². The molecular formula is C5H6N2OSn. The van der Waals surface area contributed by atoms with Gasteiger partial charge in [-0.1, -0.05) is 0 Å². The van der Waals surface area contributed by atoms with Gasteiger partial charge in [0.25, 0.3) is 0 Å². The summed E-state index contributed by atoms with van der Waals surface area (Å²) < 4.78 is 5.84. The van der Waals surface area contributed by atoms with E-state index >= 15 is 0 Å². The van der Waals surface area contributed by atoms with E-state index in [1.807, 2.05) is 0 Å². The van der Waals surface area contributed by atoms with Gasteiger partial charge in [0.1, 0.15) is 0 Å². The molecule has 0 saturated heterocycles. The quantitative estimate of drug-likeness (QED) is 0.580. The second-order valence-electron chi connectivity index (χ2n) is 1.49. The third-order valence-electron chi connectivity index (χ3n) is 0.840. The molecule has 1 aromatic rings. The van der Waals surface area contributed by atoms with E-state index in [4.69, 9.17) is 4.74 Å². The van der Waals surface area contributed by atoms with Crippen LogP contribution in [0.4, 0.5) is 0 Å². The molecule has 0 aromatic carbocycles. The first-order valence-electron chi connectivity index (χ1n) is 2.44. The molecule has 2 radical (unpaired) electrons. The van der Waals surface area contributed by atoms with Crippen LogP contribution >= 0.6 is 0 Å². The molecule has 0 spiro atoms. The van der Waals surface area contributed by atoms with E-state index in [1.54, 1.807) is 19.5 Å². The van der Waals surface area contributed by atoms with E-state index in [9.17, 15) is 0 Å². The summed E-state index contributed by atoms with van der Waals surface area (Å²) in [4.78, 5) is 7.96. The summed E-state index contributed by atoms with van der Waals surface area (Å²) in [6.07, 6.45) is 3.34. The average Bonchev–Trinajstić information content (AvgIpc) is 1.88. The van der Waals surface area contributed by atoms with Gasteiger partial charge in [-0.05, 0) is 0 Å². The van der Waals surface area contributed by atoms with Crippen molar-refractivity contribution in [3.63, 3.8) is 0 Å². The van der Waals surface area contributed by atoms with Crippen LogP contribution < -0.4 is 8.45 Å². The zero-order chi connectivity index (χ0) is 6.69. The Hall–Kier alpha value is -0.321. The summed E-state index contributed by atoms with van der Waals surface area (Å²) in [5.41, 5.74) is 0. The number of hydrogen-bond acceptors (Lipinski definition) is 3. The molecule has 1 heterocycles. The number of nitrogens with zero attached hydrogens (tertiary/aromatic N) is 2. The molecule has 0 fully saturated rings. The van der Waals surface area contributed by atoms with Crippen LogP contribution in [0.1, 0.15) is 0 Å². The Bertz CT molecular complexity index is 204. The molecular weight excluding hydrogens is 223 g/mol. The molecule has 0 N–H and O–H groups in total. The van der Waals surface area contributed by atoms with E-state index in [1.165, 1.54) is 0 Å². The van der Waals surface area contributed by atoms with Crippen LogP contribution in [0.5, 0.6) is 5.88 Å². The molecule has 1 aromatic heterocycles. The summed E-state index contributed by atoms with van der Waals surface area (Å²) in [6, 6.07) is 0. The van der Waals surface area contributed by atoms with Crippen LogP contribution in [0.15, 0.2) is 12.4 Å². The molecule has 0 atom stereocenters. The Morgan fingerprint density at radius 2 is 2.33 bits per heavy atom. The number of methoxy groups -OCH3 is 1. The van der Waals surface area contributed by atoms with Crippen molar-refractivity contribution in [3.8, 4) is 5.88 Å². The summed E-state index contributed by atoms with van der Waals surface area (Å²) >= 11 is 0.984. The van der Waals surface area contributed by atoms with Crippen molar-refractivity contribution in [2.75, 3.05) is 7.11 Å². The average molecular weight is 229 g/mol. The third kappa shape index (κ3) is 1.82. The fourth-order valence-corrected chi connectivity index (χ4v) is 1.07. The van der Waals surface area contributed by atoms with Gasteiger partial charge in [0, 0.05) is 0 Å². The molecule has 46 valence electrons. The van der Waals surface area contributed by atoms with Gasteiger partial charge < -0.3 is 0 Å². The Morgan fingerprint density at radius 1 is 1.56 bits per heavy atom. The van der Waals surface area contributed by atoms with E-state index < -0.39 is 0 Å². The van der Waals surface area contributed by atoms with Gasteiger partial charge in [0.2, 0.25) is 0 Å². The van der Waals surface area contributed by atoms with Crippen molar-refractivity contribution in [1.82, 2.24) is 9.97 Å². The van der Waals surface area contributed by atoms with Crippen molar-refractivity contribution in [2.24, 2.45) is 0 Å². The first-order valence-corrected chi connectivity index (χ1v) is 4.09. The molecule has 4 heteroatoms. The van der Waals surface area contributed by atoms with Crippen LogP contribution in [0, 0.1) is 0 Å². The molecule has 0 aliphatic heterocycles. The monoisotopic (exact) mass is 230 g/mol. The fourth-order valence-electron chi connectivity index (χ4n) is 0.461. The Kier molecular flexibility index (Phi) is 2.27. The summed E-state index contributed by atoms with van der Waals surface area (Å²) in [5, 5.41) is 0. The maximum atomic E-state index is 4.84. The number of ether oxygens (including phenoxy) is 1. The third-order valence-corrected chi connectivity index (χ3v) is 1.63. The van der Waals surface area contributed by atoms with E-state index in [2.05, 4.69) is 9.97 Å². The minimum atomic E-state index is 0.597. The summed E-state index contributed by atoms with van der Waals surface area (Å²) in [5.74, 6) is 0.597. The van der Waals surface area contributed by atoms with Crippen LogP contribution in [0.3, 0.4) is 0 Å². The number of aromatic nitrogens is 2. The van der Waals surface area contributed by atoms with E-state index in [-0.39, 0.29) is 0 Å². The van der Waals surface area contributed by atoms with Gasteiger partial charge in [-0.3, -0.25) is 0 Å². The van der Waals surface area contributed by atoms with Crippen molar-refractivity contribution in [1.29, 1.82) is 0 Å². The van der Waals surface area contributed by atoms with Crippen molar-refractivity contribution < 1.29 is 4.74 Å². The molecule has 9 heavy (non-hydrogen) atoms. The van der Waals surface area contributed by atoms with E-state index in [0.29, 0.717) is 5.88 Å². The molecule has 3 nitrogen and oxygen atoms in total. The van der Waals surface area contributed by atoms with Crippen molar-refractivity contribution in [2.45, 2.75) is 0 Å². The zero-order valence-corrected chi connectivity index (χ0v) is 8.33. The molecule has 0 aliphatic rings. The Labute approximate surface area is 66.6 Å². The zero-order valence-electron chi connectivity index (χ0n) is 5.03. The van der Waals surface area contributed by atoms with Crippen molar-refractivity contribution >= 4 is 26.2 Å². The van der Waals surface area contributed by atoms with Gasteiger partial charge in [-0.25, -0.2) is 0 Å². The van der Waals surface area contributed by atoms with E-state index in [0.717, 1.165) is 26.2 Å². The standard InChI is InChI=1S/C5H5N2O.Sn.H/c1-8-5-4-6-2-3-7-5;;/h2,4H,1H3;;. The predicted octanol–water partition coefficient (Wildman–Crippen LogP) is -0.989. The van der Waals surface area contributed by atoms with Crippen LogP contribution in [0.2, 0.25) is 0 Å². The molecule has 0 saturated carbocycles. The molecule has 1 rings (SSSR count). The predicted molar refractivity (Wildman–Crippen MR) is 35.4 cm³/mol. The van der Waals surface area contributed by atoms with Crippen LogP contribution in [-0.2, 0) is 0 Å².